The normalized spacial score (nSPS) is 11.5. The van der Waals surface area contributed by atoms with E-state index in [1.54, 1.807) is 6.92 Å². The molecule has 1 aromatic heterocycles. The first kappa shape index (κ1) is 19.7. The fourth-order valence-corrected chi connectivity index (χ4v) is 2.99. The Morgan fingerprint density at radius 2 is 1.86 bits per heavy atom. The van der Waals surface area contributed by atoms with Crippen molar-refractivity contribution in [3.8, 4) is 5.69 Å². The molecule has 1 amide bonds. The van der Waals surface area contributed by atoms with Gasteiger partial charge in [0.05, 0.1) is 28.7 Å². The maximum absolute atomic E-state index is 12.9. The van der Waals surface area contributed by atoms with Crippen LogP contribution < -0.4 is 5.32 Å². The fourth-order valence-electron chi connectivity index (χ4n) is 2.99. The van der Waals surface area contributed by atoms with Crippen molar-refractivity contribution in [1.29, 1.82) is 0 Å². The molecule has 0 saturated carbocycles. The highest BCUT2D eigenvalue weighted by Gasteiger charge is 2.30. The van der Waals surface area contributed by atoms with Crippen molar-refractivity contribution in [2.45, 2.75) is 26.4 Å². The van der Waals surface area contributed by atoms with Gasteiger partial charge >= 0.3 is 6.18 Å². The number of benzene rings is 2. The van der Waals surface area contributed by atoms with Gasteiger partial charge in [0.15, 0.2) is 0 Å². The predicted octanol–water partition coefficient (Wildman–Crippen LogP) is 4.48. The number of alkyl halides is 3. The molecule has 7 heteroatoms. The van der Waals surface area contributed by atoms with Crippen LogP contribution in [0.5, 0.6) is 0 Å². The van der Waals surface area contributed by atoms with E-state index in [9.17, 15) is 18.0 Å². The molecule has 3 aromatic rings. The molecule has 0 spiro atoms. The van der Waals surface area contributed by atoms with Gasteiger partial charge in [0.1, 0.15) is 0 Å². The number of aromatic nitrogens is 2. The molecular weight excluding hydrogens is 367 g/mol. The lowest BCUT2D eigenvalue weighted by Gasteiger charge is -2.10. The lowest BCUT2D eigenvalue weighted by atomic mass is 10.1. The van der Waals surface area contributed by atoms with Crippen LogP contribution in [0, 0.1) is 13.8 Å². The molecule has 0 saturated heterocycles. The molecule has 4 nitrogen and oxygen atoms in total. The molecule has 2 aromatic carbocycles. The van der Waals surface area contributed by atoms with E-state index in [2.05, 4.69) is 16.5 Å². The van der Waals surface area contributed by atoms with E-state index in [0.29, 0.717) is 24.2 Å². The molecule has 3 rings (SSSR count). The van der Waals surface area contributed by atoms with Crippen LogP contribution in [-0.2, 0) is 12.6 Å². The molecule has 0 bridgehead atoms. The number of nitrogens with zero attached hydrogens (tertiary/aromatic N) is 2. The Kier molecular flexibility index (Phi) is 5.53. The van der Waals surface area contributed by atoms with Gasteiger partial charge in [-0.1, -0.05) is 35.9 Å². The second-order valence-electron chi connectivity index (χ2n) is 6.60. The Labute approximate surface area is 161 Å². The van der Waals surface area contributed by atoms with E-state index < -0.39 is 11.7 Å². The van der Waals surface area contributed by atoms with Gasteiger partial charge in [-0.25, -0.2) is 4.68 Å². The van der Waals surface area contributed by atoms with E-state index in [1.807, 2.05) is 25.1 Å². The van der Waals surface area contributed by atoms with Crippen molar-refractivity contribution in [2.24, 2.45) is 0 Å². The number of carbonyl (C=O) groups excluding carboxylic acids is 1. The molecule has 1 heterocycles. The molecule has 146 valence electrons. The van der Waals surface area contributed by atoms with Crippen LogP contribution in [0.4, 0.5) is 13.2 Å². The Hall–Kier alpha value is -3.09. The summed E-state index contributed by atoms with van der Waals surface area (Å²) in [6, 6.07) is 12.9. The molecule has 0 unspecified atom stereocenters. The van der Waals surface area contributed by atoms with Crippen molar-refractivity contribution in [3.05, 3.63) is 82.7 Å². The lowest BCUT2D eigenvalue weighted by Crippen LogP contribution is -2.26. The highest BCUT2D eigenvalue weighted by molar-refractivity contribution is 5.95. The number of carbonyl (C=O) groups is 1. The van der Waals surface area contributed by atoms with Gasteiger partial charge < -0.3 is 5.32 Å². The maximum atomic E-state index is 12.9. The van der Waals surface area contributed by atoms with Crippen LogP contribution in [0.25, 0.3) is 5.69 Å². The zero-order valence-corrected chi connectivity index (χ0v) is 15.5. The average Bonchev–Trinajstić information content (AvgIpc) is 3.03. The van der Waals surface area contributed by atoms with Crippen LogP contribution in [0.15, 0.2) is 54.7 Å². The first-order valence-electron chi connectivity index (χ1n) is 8.81. The van der Waals surface area contributed by atoms with Gasteiger partial charge in [-0.3, -0.25) is 4.79 Å². The Morgan fingerprint density at radius 1 is 1.11 bits per heavy atom. The number of halogens is 3. The molecule has 0 aliphatic rings. The summed E-state index contributed by atoms with van der Waals surface area (Å²) in [6.07, 6.45) is -2.38. The predicted molar refractivity (Wildman–Crippen MR) is 101 cm³/mol. The maximum Gasteiger partial charge on any atom is 0.416 e. The number of hydrogen-bond acceptors (Lipinski definition) is 2. The first-order chi connectivity index (χ1) is 13.3. The van der Waals surface area contributed by atoms with Crippen molar-refractivity contribution >= 4 is 5.91 Å². The Morgan fingerprint density at radius 3 is 2.57 bits per heavy atom. The van der Waals surface area contributed by atoms with Gasteiger partial charge in [0, 0.05) is 6.54 Å². The number of aryl methyl sites for hydroxylation is 1. The summed E-state index contributed by atoms with van der Waals surface area (Å²) < 4.78 is 40.1. The Bertz CT molecular complexity index is 993. The van der Waals surface area contributed by atoms with Crippen molar-refractivity contribution < 1.29 is 18.0 Å². The summed E-state index contributed by atoms with van der Waals surface area (Å²) in [4.78, 5) is 12.4. The highest BCUT2D eigenvalue weighted by atomic mass is 19.4. The van der Waals surface area contributed by atoms with Crippen LogP contribution in [0.3, 0.4) is 0 Å². The zero-order valence-electron chi connectivity index (χ0n) is 15.5. The number of amides is 1. The van der Waals surface area contributed by atoms with E-state index in [-0.39, 0.29) is 11.6 Å². The molecular formula is C21H20F3N3O. The third-order valence-corrected chi connectivity index (χ3v) is 4.45. The second kappa shape index (κ2) is 7.88. The number of rotatable bonds is 5. The van der Waals surface area contributed by atoms with Crippen molar-refractivity contribution in [1.82, 2.24) is 15.1 Å². The SMILES string of the molecule is Cc1cccc(CCNC(=O)c2cnn(-c3cccc(C(F)(F)F)c3)c2C)c1. The smallest absolute Gasteiger partial charge is 0.352 e. The molecule has 1 N–H and O–H groups in total. The minimum atomic E-state index is -4.44. The molecule has 0 atom stereocenters. The summed E-state index contributed by atoms with van der Waals surface area (Å²) in [5.41, 5.74) is 2.59. The second-order valence-corrected chi connectivity index (χ2v) is 6.60. The van der Waals surface area contributed by atoms with E-state index in [0.717, 1.165) is 23.3 Å². The minimum absolute atomic E-state index is 0.256. The quantitative estimate of drug-likeness (QED) is 0.702. The molecule has 0 aliphatic carbocycles. The van der Waals surface area contributed by atoms with E-state index in [4.69, 9.17) is 0 Å². The van der Waals surface area contributed by atoms with E-state index in [1.165, 1.54) is 23.0 Å². The summed E-state index contributed by atoms with van der Waals surface area (Å²) in [5.74, 6) is -0.302. The molecule has 0 fully saturated rings. The largest absolute Gasteiger partial charge is 0.416 e. The van der Waals surface area contributed by atoms with Gasteiger partial charge in [-0.15, -0.1) is 0 Å². The zero-order chi connectivity index (χ0) is 20.3. The van der Waals surface area contributed by atoms with Crippen LogP contribution in [-0.4, -0.2) is 22.2 Å². The lowest BCUT2D eigenvalue weighted by molar-refractivity contribution is -0.137. The number of hydrogen-bond donors (Lipinski definition) is 1. The summed E-state index contributed by atoms with van der Waals surface area (Å²) in [5, 5.41) is 6.93. The monoisotopic (exact) mass is 387 g/mol. The van der Waals surface area contributed by atoms with E-state index >= 15 is 0 Å². The van der Waals surface area contributed by atoms with Crippen molar-refractivity contribution in [2.75, 3.05) is 6.54 Å². The highest BCUT2D eigenvalue weighted by Crippen LogP contribution is 2.30. The average molecular weight is 387 g/mol. The topological polar surface area (TPSA) is 46.9 Å². The minimum Gasteiger partial charge on any atom is -0.352 e. The first-order valence-corrected chi connectivity index (χ1v) is 8.81. The van der Waals surface area contributed by atoms with Gasteiger partial charge in [0.2, 0.25) is 0 Å². The fraction of sp³-hybridized carbons (Fsp3) is 0.238. The molecule has 0 aliphatic heterocycles. The van der Waals surface area contributed by atoms with Crippen LogP contribution in [0.2, 0.25) is 0 Å². The summed E-state index contributed by atoms with van der Waals surface area (Å²) in [6.45, 7) is 4.12. The van der Waals surface area contributed by atoms with Gasteiger partial charge in [0.25, 0.3) is 5.91 Å². The molecule has 0 radical (unpaired) electrons. The summed E-state index contributed by atoms with van der Waals surface area (Å²) >= 11 is 0. The third kappa shape index (κ3) is 4.42. The van der Waals surface area contributed by atoms with Crippen molar-refractivity contribution in [3.63, 3.8) is 0 Å². The van der Waals surface area contributed by atoms with Gasteiger partial charge in [-0.2, -0.15) is 18.3 Å². The van der Waals surface area contributed by atoms with Gasteiger partial charge in [-0.05, 0) is 44.0 Å². The summed E-state index contributed by atoms with van der Waals surface area (Å²) in [7, 11) is 0. The molecule has 28 heavy (non-hydrogen) atoms. The van der Waals surface area contributed by atoms with Crippen LogP contribution >= 0.6 is 0 Å². The third-order valence-electron chi connectivity index (χ3n) is 4.45. The standard InChI is InChI=1S/C21H20F3N3O/c1-14-5-3-6-16(11-14)9-10-25-20(28)19-13-26-27(15(19)2)18-8-4-7-17(12-18)21(22,23)24/h3-8,11-13H,9-10H2,1-2H3,(H,25,28). The van der Waals surface area contributed by atoms with Crippen LogP contribution in [0.1, 0.15) is 32.7 Å². The number of nitrogens with one attached hydrogen (secondary N) is 1. The Balaban J connectivity index is 1.71.